The number of aromatic nitrogens is 3. The molecule has 2 heterocycles. The smallest absolute Gasteiger partial charge is 0.424 e. The summed E-state index contributed by atoms with van der Waals surface area (Å²) in [6.07, 6.45) is -0.0555. The van der Waals surface area contributed by atoms with Crippen molar-refractivity contribution in [3.63, 3.8) is 0 Å². The maximum absolute atomic E-state index is 14.1. The third-order valence-corrected chi connectivity index (χ3v) is 5.34. The van der Waals surface area contributed by atoms with Crippen molar-refractivity contribution < 1.29 is 18.8 Å². The van der Waals surface area contributed by atoms with E-state index < -0.39 is 29.3 Å². The van der Waals surface area contributed by atoms with E-state index in [9.17, 15) is 14.0 Å². The highest BCUT2D eigenvalue weighted by Gasteiger charge is 2.28. The van der Waals surface area contributed by atoms with Gasteiger partial charge in [-0.25, -0.2) is 19.0 Å². The van der Waals surface area contributed by atoms with Crippen molar-refractivity contribution in [1.29, 1.82) is 0 Å². The van der Waals surface area contributed by atoms with Gasteiger partial charge in [0.2, 0.25) is 0 Å². The van der Waals surface area contributed by atoms with Crippen molar-refractivity contribution in [2.24, 2.45) is 0 Å². The summed E-state index contributed by atoms with van der Waals surface area (Å²) in [4.78, 5) is 35.9. The monoisotopic (exact) mass is 533 g/mol. The van der Waals surface area contributed by atoms with Gasteiger partial charge < -0.3 is 9.57 Å². The van der Waals surface area contributed by atoms with Crippen LogP contribution in [0.25, 0.3) is 11.2 Å². The number of hydrogen-bond acceptors (Lipinski definition) is 5. The molecular weight excluding hydrogens is 516 g/mol. The van der Waals surface area contributed by atoms with Gasteiger partial charge in [0.05, 0.1) is 5.02 Å². The quantitative estimate of drug-likeness (QED) is 0.397. The number of imidazole rings is 1. The van der Waals surface area contributed by atoms with Crippen molar-refractivity contribution >= 4 is 56.4 Å². The van der Waals surface area contributed by atoms with E-state index in [0.29, 0.717) is 10.9 Å². The fourth-order valence-corrected chi connectivity index (χ4v) is 3.83. The Morgan fingerprint density at radius 2 is 2.00 bits per heavy atom. The van der Waals surface area contributed by atoms with Gasteiger partial charge in [0.25, 0.3) is 0 Å². The zero-order valence-corrected chi connectivity index (χ0v) is 20.2. The number of carbonyl (C=O) groups excluding carboxylic acids is 1. The Hall–Kier alpha value is -2.10. The largest absolute Gasteiger partial charge is 0.443 e. The molecule has 7 nitrogen and oxygen atoms in total. The summed E-state index contributed by atoms with van der Waals surface area (Å²) in [5, 5.41) is -0.0240. The first-order chi connectivity index (χ1) is 14.4. The number of carbonyl (C=O) groups is 1. The lowest BCUT2D eigenvalue weighted by Gasteiger charge is -2.20. The molecule has 0 saturated carbocycles. The third kappa shape index (κ3) is 4.73. The van der Waals surface area contributed by atoms with E-state index in [4.69, 9.17) is 32.8 Å². The van der Waals surface area contributed by atoms with E-state index in [0.717, 1.165) is 15.4 Å². The van der Waals surface area contributed by atoms with Crippen LogP contribution in [0.2, 0.25) is 10.0 Å². The lowest BCUT2D eigenvalue weighted by Crippen LogP contribution is -2.37. The Labute approximate surface area is 195 Å². The number of nitrogens with zero attached hydrogens (tertiary/aromatic N) is 3. The van der Waals surface area contributed by atoms with Crippen LogP contribution in [0, 0.1) is 5.82 Å². The first-order valence-electron chi connectivity index (χ1n) is 9.27. The van der Waals surface area contributed by atoms with Gasteiger partial charge in [-0.15, -0.1) is 4.73 Å². The molecule has 0 aliphatic carbocycles. The van der Waals surface area contributed by atoms with E-state index in [1.807, 2.05) is 0 Å². The Morgan fingerprint density at radius 3 is 2.61 bits per heavy atom. The van der Waals surface area contributed by atoms with Crippen LogP contribution < -0.4 is 10.5 Å². The Kier molecular flexibility index (Phi) is 6.69. The van der Waals surface area contributed by atoms with Crippen LogP contribution in [0.15, 0.2) is 33.7 Å². The Bertz CT molecular complexity index is 1220. The molecule has 0 amide bonds. The SMILES string of the molecule is CCC(On1c(=O)n(C(=O)OC(C)(C)C)c2ncc(Br)cc21)c1c(Cl)ccc(F)c1Cl. The summed E-state index contributed by atoms with van der Waals surface area (Å²) < 4.78 is 21.6. The molecule has 0 saturated heterocycles. The molecule has 31 heavy (non-hydrogen) atoms. The van der Waals surface area contributed by atoms with Gasteiger partial charge in [-0.3, -0.25) is 0 Å². The number of pyridine rings is 1. The zero-order valence-electron chi connectivity index (χ0n) is 17.1. The summed E-state index contributed by atoms with van der Waals surface area (Å²) >= 11 is 15.7. The second kappa shape index (κ2) is 8.80. The number of ether oxygens (including phenoxy) is 1. The van der Waals surface area contributed by atoms with Gasteiger partial charge in [-0.1, -0.05) is 30.1 Å². The fourth-order valence-electron chi connectivity index (χ4n) is 2.90. The summed E-state index contributed by atoms with van der Waals surface area (Å²) in [7, 11) is 0. The Morgan fingerprint density at radius 1 is 1.32 bits per heavy atom. The minimum Gasteiger partial charge on any atom is -0.443 e. The van der Waals surface area contributed by atoms with E-state index in [-0.39, 0.29) is 26.8 Å². The molecule has 0 aliphatic heterocycles. The average Bonchev–Trinajstić information content (AvgIpc) is 2.93. The first-order valence-corrected chi connectivity index (χ1v) is 10.8. The van der Waals surface area contributed by atoms with Crippen molar-refractivity contribution in [2.45, 2.75) is 45.8 Å². The summed E-state index contributed by atoms with van der Waals surface area (Å²) in [6, 6.07) is 4.06. The molecule has 0 radical (unpaired) electrons. The molecule has 0 aliphatic rings. The molecule has 11 heteroatoms. The minimum absolute atomic E-state index is 0.0359. The van der Waals surface area contributed by atoms with Crippen LogP contribution in [0.3, 0.4) is 0 Å². The van der Waals surface area contributed by atoms with Crippen molar-refractivity contribution in [2.75, 3.05) is 0 Å². The molecule has 3 aromatic rings. The van der Waals surface area contributed by atoms with Crippen LogP contribution in [-0.4, -0.2) is 26.0 Å². The molecule has 0 N–H and O–H groups in total. The normalized spacial score (nSPS) is 12.8. The van der Waals surface area contributed by atoms with E-state index in [1.165, 1.54) is 12.3 Å². The lowest BCUT2D eigenvalue weighted by atomic mass is 10.1. The summed E-state index contributed by atoms with van der Waals surface area (Å²) in [5.41, 5.74) is -1.24. The molecule has 1 aromatic carbocycles. The van der Waals surface area contributed by atoms with Gasteiger partial charge in [-0.05, 0) is 61.3 Å². The highest BCUT2D eigenvalue weighted by atomic mass is 79.9. The minimum atomic E-state index is -0.908. The zero-order chi connectivity index (χ0) is 23.1. The molecular formula is C20H19BrCl2FN3O4. The molecule has 0 spiro atoms. The van der Waals surface area contributed by atoms with E-state index in [2.05, 4.69) is 20.9 Å². The van der Waals surface area contributed by atoms with Crippen LogP contribution in [-0.2, 0) is 4.74 Å². The Balaban J connectivity index is 2.18. The molecule has 0 fully saturated rings. The molecule has 3 rings (SSSR count). The number of fused-ring (bicyclic) bond motifs is 1. The standard InChI is InChI=1S/C20H19BrCl2FN3O4/c1-5-14(15-11(22)6-7-12(24)16(15)23)31-27-13-8-10(21)9-25-17(13)26(18(27)28)19(29)30-20(2,3)4/h6-9,14H,5H2,1-4H3. The second-order valence-corrected chi connectivity index (χ2v) is 9.35. The van der Waals surface area contributed by atoms with Crippen LogP contribution in [0.4, 0.5) is 9.18 Å². The second-order valence-electron chi connectivity index (χ2n) is 7.65. The summed E-state index contributed by atoms with van der Waals surface area (Å²) in [6.45, 7) is 6.79. The summed E-state index contributed by atoms with van der Waals surface area (Å²) in [5.74, 6) is -0.670. The van der Waals surface area contributed by atoms with E-state index in [1.54, 1.807) is 33.8 Å². The maximum Gasteiger partial charge on any atom is 0.424 e. The number of halogens is 4. The molecule has 0 bridgehead atoms. The van der Waals surface area contributed by atoms with Crippen LogP contribution >= 0.6 is 39.1 Å². The van der Waals surface area contributed by atoms with E-state index >= 15 is 0 Å². The maximum atomic E-state index is 14.1. The average molecular weight is 535 g/mol. The molecule has 1 atom stereocenters. The van der Waals surface area contributed by atoms with Gasteiger partial charge in [0.1, 0.15) is 16.9 Å². The fraction of sp³-hybridized carbons (Fsp3) is 0.350. The van der Waals surface area contributed by atoms with Gasteiger partial charge in [0.15, 0.2) is 11.8 Å². The molecule has 2 aromatic heterocycles. The van der Waals surface area contributed by atoms with Crippen molar-refractivity contribution in [1.82, 2.24) is 14.3 Å². The van der Waals surface area contributed by atoms with Crippen LogP contribution in [0.5, 0.6) is 0 Å². The van der Waals surface area contributed by atoms with Crippen LogP contribution in [0.1, 0.15) is 45.8 Å². The van der Waals surface area contributed by atoms with Gasteiger partial charge in [-0.2, -0.15) is 4.57 Å². The molecule has 1 unspecified atom stereocenters. The van der Waals surface area contributed by atoms with Gasteiger partial charge in [0, 0.05) is 21.3 Å². The highest BCUT2D eigenvalue weighted by molar-refractivity contribution is 9.10. The first kappa shape index (κ1) is 23.6. The highest BCUT2D eigenvalue weighted by Crippen LogP contribution is 2.35. The number of rotatable bonds is 4. The van der Waals surface area contributed by atoms with Crippen molar-refractivity contribution in [3.05, 3.63) is 60.8 Å². The number of benzene rings is 1. The number of hydrogen-bond donors (Lipinski definition) is 0. The molecule has 166 valence electrons. The predicted octanol–water partition coefficient (Wildman–Crippen LogP) is 5.77. The predicted molar refractivity (Wildman–Crippen MR) is 119 cm³/mol. The topological polar surface area (TPSA) is 75.3 Å². The lowest BCUT2D eigenvalue weighted by molar-refractivity contribution is 0.0300. The van der Waals surface area contributed by atoms with Crippen molar-refractivity contribution in [3.8, 4) is 0 Å². The van der Waals surface area contributed by atoms with Gasteiger partial charge >= 0.3 is 11.8 Å². The third-order valence-electron chi connectivity index (χ3n) is 4.19.